The van der Waals surface area contributed by atoms with E-state index in [0.717, 1.165) is 34.5 Å². The average Bonchev–Trinajstić information content (AvgIpc) is 3.12. The van der Waals surface area contributed by atoms with Crippen LogP contribution in [0.5, 0.6) is 0 Å². The van der Waals surface area contributed by atoms with Gasteiger partial charge in [-0.3, -0.25) is 9.59 Å². The van der Waals surface area contributed by atoms with Crippen molar-refractivity contribution in [1.82, 2.24) is 4.98 Å². The Labute approximate surface area is 167 Å². The zero-order valence-electron chi connectivity index (χ0n) is 15.8. The second kappa shape index (κ2) is 7.56. The topological polar surface area (TPSA) is 71.1 Å². The molecular formula is C22H21N3O2S. The van der Waals surface area contributed by atoms with Gasteiger partial charge < -0.3 is 10.6 Å². The summed E-state index contributed by atoms with van der Waals surface area (Å²) >= 11 is 1.41. The van der Waals surface area contributed by atoms with Crippen LogP contribution in [0.15, 0.2) is 41.8 Å². The number of carbonyl (C=O) groups excluding carboxylic acids is 2. The number of carbonyl (C=O) groups is 2. The standard InChI is InChI=1S/C22H21N3O2S/c1-13-3-4-15(9-14(13)2)10-21(27)25-22-24-19(12-28-22)17-5-7-18-16(11-17)6-8-20(26)23-18/h3-5,7,9,11-12H,6,8,10H2,1-2H3,(H,23,26)(H,24,25,27). The Balaban J connectivity index is 1.45. The number of nitrogens with one attached hydrogen (secondary N) is 2. The van der Waals surface area contributed by atoms with Crippen LogP contribution in [0, 0.1) is 13.8 Å². The Morgan fingerprint density at radius 1 is 1.14 bits per heavy atom. The first-order valence-electron chi connectivity index (χ1n) is 9.22. The Kier molecular flexibility index (Phi) is 4.96. The normalized spacial score (nSPS) is 13.0. The molecule has 1 aliphatic rings. The maximum Gasteiger partial charge on any atom is 0.230 e. The highest BCUT2D eigenvalue weighted by molar-refractivity contribution is 7.14. The van der Waals surface area contributed by atoms with E-state index in [1.165, 1.54) is 22.5 Å². The van der Waals surface area contributed by atoms with Crippen LogP contribution < -0.4 is 10.6 Å². The fraction of sp³-hybridized carbons (Fsp3) is 0.227. The van der Waals surface area contributed by atoms with Gasteiger partial charge in [-0.25, -0.2) is 4.98 Å². The average molecular weight is 391 g/mol. The number of fused-ring (bicyclic) bond motifs is 1. The van der Waals surface area contributed by atoms with E-state index in [0.29, 0.717) is 18.0 Å². The lowest BCUT2D eigenvalue weighted by Gasteiger charge is -2.17. The first-order valence-corrected chi connectivity index (χ1v) is 10.1. The highest BCUT2D eigenvalue weighted by Gasteiger charge is 2.16. The van der Waals surface area contributed by atoms with Gasteiger partial charge in [-0.1, -0.05) is 24.3 Å². The predicted octanol–water partition coefficient (Wildman–Crippen LogP) is 4.49. The molecule has 6 heteroatoms. The van der Waals surface area contributed by atoms with Gasteiger partial charge in [-0.2, -0.15) is 0 Å². The summed E-state index contributed by atoms with van der Waals surface area (Å²) in [6.45, 7) is 4.11. The smallest absolute Gasteiger partial charge is 0.230 e. The van der Waals surface area contributed by atoms with E-state index in [1.54, 1.807) is 0 Å². The molecule has 0 saturated carbocycles. The number of rotatable bonds is 4. The largest absolute Gasteiger partial charge is 0.326 e. The molecule has 2 N–H and O–H groups in total. The van der Waals surface area contributed by atoms with Gasteiger partial charge in [0.25, 0.3) is 0 Å². The van der Waals surface area contributed by atoms with Crippen LogP contribution >= 0.6 is 11.3 Å². The highest BCUT2D eigenvalue weighted by Crippen LogP contribution is 2.30. The van der Waals surface area contributed by atoms with Crippen molar-refractivity contribution in [3.63, 3.8) is 0 Å². The van der Waals surface area contributed by atoms with Crippen LogP contribution in [-0.2, 0) is 22.4 Å². The Hall–Kier alpha value is -2.99. The summed E-state index contributed by atoms with van der Waals surface area (Å²) in [5.74, 6) is -0.0139. The third-order valence-corrected chi connectivity index (χ3v) is 5.74. The summed E-state index contributed by atoms with van der Waals surface area (Å²) in [4.78, 5) is 28.4. The molecule has 0 aliphatic carbocycles. The monoisotopic (exact) mass is 391 g/mol. The lowest BCUT2D eigenvalue weighted by atomic mass is 9.99. The minimum absolute atomic E-state index is 0.0580. The maximum absolute atomic E-state index is 12.4. The first-order chi connectivity index (χ1) is 13.5. The molecule has 0 spiro atoms. The fourth-order valence-electron chi connectivity index (χ4n) is 3.27. The Bertz CT molecular complexity index is 1070. The number of amides is 2. The van der Waals surface area contributed by atoms with Gasteiger partial charge in [0.15, 0.2) is 5.13 Å². The number of nitrogens with zero attached hydrogens (tertiary/aromatic N) is 1. The Morgan fingerprint density at radius 2 is 2.00 bits per heavy atom. The lowest BCUT2D eigenvalue weighted by Crippen LogP contribution is -2.18. The van der Waals surface area contributed by atoms with Crippen molar-refractivity contribution in [2.24, 2.45) is 0 Å². The van der Waals surface area contributed by atoms with Crippen molar-refractivity contribution in [1.29, 1.82) is 0 Å². The van der Waals surface area contributed by atoms with Crippen molar-refractivity contribution in [3.8, 4) is 11.3 Å². The van der Waals surface area contributed by atoms with E-state index in [9.17, 15) is 9.59 Å². The molecule has 28 heavy (non-hydrogen) atoms. The number of aromatic nitrogens is 1. The number of benzene rings is 2. The van der Waals surface area contributed by atoms with E-state index in [-0.39, 0.29) is 11.8 Å². The summed E-state index contributed by atoms with van der Waals surface area (Å²) in [7, 11) is 0. The minimum Gasteiger partial charge on any atom is -0.326 e. The number of aryl methyl sites for hydroxylation is 3. The van der Waals surface area contributed by atoms with Crippen LogP contribution in [0.1, 0.15) is 28.7 Å². The maximum atomic E-state index is 12.4. The van der Waals surface area contributed by atoms with Crippen LogP contribution in [0.4, 0.5) is 10.8 Å². The number of hydrogen-bond donors (Lipinski definition) is 2. The molecule has 1 aliphatic heterocycles. The first kappa shape index (κ1) is 18.4. The molecule has 0 radical (unpaired) electrons. The fourth-order valence-corrected chi connectivity index (χ4v) is 4.00. The molecule has 4 rings (SSSR count). The molecule has 142 valence electrons. The third-order valence-electron chi connectivity index (χ3n) is 4.98. The zero-order valence-corrected chi connectivity index (χ0v) is 16.7. The summed E-state index contributed by atoms with van der Waals surface area (Å²) in [6, 6.07) is 12.0. The van der Waals surface area contributed by atoms with Gasteiger partial charge in [0.2, 0.25) is 11.8 Å². The molecule has 2 aromatic carbocycles. The van der Waals surface area contributed by atoms with Crippen molar-refractivity contribution >= 4 is 34.0 Å². The third kappa shape index (κ3) is 3.97. The molecule has 1 aromatic heterocycles. The van der Waals surface area contributed by atoms with Crippen molar-refractivity contribution in [2.45, 2.75) is 33.1 Å². The SMILES string of the molecule is Cc1ccc(CC(=O)Nc2nc(-c3ccc4c(c3)CCC(=O)N4)cs2)cc1C. The second-order valence-electron chi connectivity index (χ2n) is 7.10. The van der Waals surface area contributed by atoms with Crippen LogP contribution in [0.3, 0.4) is 0 Å². The zero-order chi connectivity index (χ0) is 19.7. The van der Waals surface area contributed by atoms with E-state index in [2.05, 4.69) is 28.6 Å². The summed E-state index contributed by atoms with van der Waals surface area (Å²) < 4.78 is 0. The van der Waals surface area contributed by atoms with Crippen LogP contribution in [0.25, 0.3) is 11.3 Å². The predicted molar refractivity (Wildman–Crippen MR) is 113 cm³/mol. The summed E-state index contributed by atoms with van der Waals surface area (Å²) in [5, 5.41) is 8.31. The molecule has 0 fully saturated rings. The molecule has 0 atom stereocenters. The van der Waals surface area contributed by atoms with Crippen molar-refractivity contribution in [2.75, 3.05) is 10.6 Å². The highest BCUT2D eigenvalue weighted by atomic mass is 32.1. The summed E-state index contributed by atoms with van der Waals surface area (Å²) in [6.07, 6.45) is 1.57. The van der Waals surface area contributed by atoms with Gasteiger partial charge >= 0.3 is 0 Å². The van der Waals surface area contributed by atoms with Crippen LogP contribution in [-0.4, -0.2) is 16.8 Å². The number of hydrogen-bond acceptors (Lipinski definition) is 4. The quantitative estimate of drug-likeness (QED) is 0.688. The molecule has 5 nitrogen and oxygen atoms in total. The van der Waals surface area contributed by atoms with E-state index in [4.69, 9.17) is 0 Å². The van der Waals surface area contributed by atoms with Gasteiger partial charge in [0.05, 0.1) is 12.1 Å². The molecule has 0 saturated heterocycles. The van der Waals surface area contributed by atoms with Crippen molar-refractivity contribution < 1.29 is 9.59 Å². The van der Waals surface area contributed by atoms with E-state index < -0.39 is 0 Å². The Morgan fingerprint density at radius 3 is 2.82 bits per heavy atom. The van der Waals surface area contributed by atoms with Crippen molar-refractivity contribution in [3.05, 3.63) is 64.0 Å². The molecule has 0 unspecified atom stereocenters. The second-order valence-corrected chi connectivity index (χ2v) is 7.96. The molecule has 3 aromatic rings. The molecular weight excluding hydrogens is 370 g/mol. The van der Waals surface area contributed by atoms with Gasteiger partial charge in [-0.15, -0.1) is 11.3 Å². The number of thiazole rings is 1. The van der Waals surface area contributed by atoms with Gasteiger partial charge in [0, 0.05) is 23.1 Å². The molecule has 2 amide bonds. The minimum atomic E-state index is -0.0719. The van der Waals surface area contributed by atoms with E-state index >= 15 is 0 Å². The molecule has 2 heterocycles. The lowest BCUT2D eigenvalue weighted by molar-refractivity contribution is -0.116. The van der Waals surface area contributed by atoms with Crippen LogP contribution in [0.2, 0.25) is 0 Å². The summed E-state index contributed by atoms with van der Waals surface area (Å²) in [5.41, 5.74) is 7.20. The number of anilines is 2. The van der Waals surface area contributed by atoms with Gasteiger partial charge in [-0.05, 0) is 54.7 Å². The van der Waals surface area contributed by atoms with E-state index in [1.807, 2.05) is 42.6 Å². The van der Waals surface area contributed by atoms with Gasteiger partial charge in [0.1, 0.15) is 0 Å². The molecule has 0 bridgehead atoms.